The first-order chi connectivity index (χ1) is 10.2. The smallest absolute Gasteiger partial charge is 0.179 e. The van der Waals surface area contributed by atoms with E-state index in [-0.39, 0.29) is 5.78 Å². The number of carbonyl (C=O) groups excluding carboxylic acids is 1. The van der Waals surface area contributed by atoms with Crippen LogP contribution in [0.25, 0.3) is 5.70 Å². The molecular weight excluding hydrogens is 262 g/mol. The lowest BCUT2D eigenvalue weighted by Crippen LogP contribution is -2.34. The summed E-state index contributed by atoms with van der Waals surface area (Å²) in [5, 5.41) is 9.45. The van der Waals surface area contributed by atoms with Gasteiger partial charge in [-0.1, -0.05) is 6.42 Å². The molecule has 0 amide bonds. The fourth-order valence-corrected chi connectivity index (χ4v) is 3.98. The fraction of sp³-hybridized carbons (Fsp3) is 0.471. The van der Waals surface area contributed by atoms with Gasteiger partial charge in [-0.05, 0) is 36.3 Å². The van der Waals surface area contributed by atoms with Crippen LogP contribution in [0.5, 0.6) is 0 Å². The average Bonchev–Trinajstić information content (AvgIpc) is 2.91. The summed E-state index contributed by atoms with van der Waals surface area (Å²) in [7, 11) is 0. The first-order valence-corrected chi connectivity index (χ1v) is 7.58. The van der Waals surface area contributed by atoms with E-state index in [4.69, 9.17) is 0 Å². The summed E-state index contributed by atoms with van der Waals surface area (Å²) in [4.78, 5) is 18.7. The lowest BCUT2D eigenvalue weighted by Gasteiger charge is -2.39. The average molecular weight is 279 g/mol. The quantitative estimate of drug-likeness (QED) is 0.791. The highest BCUT2D eigenvalue weighted by atomic mass is 16.1. The highest BCUT2D eigenvalue weighted by Crippen LogP contribution is 2.50. The Morgan fingerprint density at radius 1 is 1.33 bits per heavy atom. The molecule has 2 fully saturated rings. The van der Waals surface area contributed by atoms with Crippen LogP contribution >= 0.6 is 0 Å². The number of aromatic nitrogens is 1. The van der Waals surface area contributed by atoms with E-state index in [0.717, 1.165) is 29.9 Å². The Bertz CT molecular complexity index is 694. The zero-order valence-electron chi connectivity index (χ0n) is 11.9. The number of fused-ring (bicyclic) bond motifs is 1. The van der Waals surface area contributed by atoms with Crippen molar-refractivity contribution >= 4 is 11.5 Å². The molecule has 1 aromatic heterocycles. The summed E-state index contributed by atoms with van der Waals surface area (Å²) in [5.41, 5.74) is 3.62. The normalized spacial score (nSPS) is 23.0. The Morgan fingerprint density at radius 2 is 2.19 bits per heavy atom. The lowest BCUT2D eigenvalue weighted by molar-refractivity contribution is -0.114. The molecule has 0 unspecified atom stereocenters. The summed E-state index contributed by atoms with van der Waals surface area (Å²) < 4.78 is 0. The fourth-order valence-electron chi connectivity index (χ4n) is 3.98. The first kappa shape index (κ1) is 12.6. The van der Waals surface area contributed by atoms with Gasteiger partial charge in [-0.25, -0.2) is 0 Å². The van der Waals surface area contributed by atoms with Crippen LogP contribution in [0.3, 0.4) is 0 Å². The minimum absolute atomic E-state index is 0.0671. The standard InChI is InChI=1S/C17H17N3O/c18-9-14-15(21)8-12-10-19-6-2-13(12)16(14)20-7-5-17(11-20)3-1-4-17/h2,6,10H,1,3-5,7-8,11H2. The van der Waals surface area contributed by atoms with Gasteiger partial charge in [0.15, 0.2) is 5.78 Å². The summed E-state index contributed by atoms with van der Waals surface area (Å²) in [6.07, 6.45) is 8.89. The number of nitrogens with zero attached hydrogens (tertiary/aromatic N) is 3. The van der Waals surface area contributed by atoms with E-state index in [1.807, 2.05) is 6.07 Å². The predicted molar refractivity (Wildman–Crippen MR) is 78.0 cm³/mol. The van der Waals surface area contributed by atoms with Gasteiger partial charge in [0, 0.05) is 37.5 Å². The van der Waals surface area contributed by atoms with Crippen LogP contribution in [0.4, 0.5) is 0 Å². The van der Waals surface area contributed by atoms with Crippen LogP contribution < -0.4 is 0 Å². The van der Waals surface area contributed by atoms with Gasteiger partial charge >= 0.3 is 0 Å². The zero-order chi connectivity index (χ0) is 14.4. The first-order valence-electron chi connectivity index (χ1n) is 7.58. The molecule has 2 heterocycles. The maximum absolute atomic E-state index is 12.3. The highest BCUT2D eigenvalue weighted by Gasteiger charge is 2.44. The van der Waals surface area contributed by atoms with Crippen LogP contribution in [-0.4, -0.2) is 28.8 Å². The van der Waals surface area contributed by atoms with Crippen molar-refractivity contribution in [3.05, 3.63) is 35.2 Å². The van der Waals surface area contributed by atoms with Crippen LogP contribution in [-0.2, 0) is 11.2 Å². The molecule has 1 saturated carbocycles. The molecule has 21 heavy (non-hydrogen) atoms. The van der Waals surface area contributed by atoms with Crippen LogP contribution in [0.2, 0.25) is 0 Å². The third-order valence-electron chi connectivity index (χ3n) is 5.31. The molecule has 0 radical (unpaired) electrons. The molecule has 0 atom stereocenters. The Kier molecular flexibility index (Phi) is 2.65. The molecule has 1 saturated heterocycles. The van der Waals surface area contributed by atoms with E-state index in [2.05, 4.69) is 16.0 Å². The monoisotopic (exact) mass is 279 g/mol. The van der Waals surface area contributed by atoms with Crippen molar-refractivity contribution in [3.8, 4) is 6.07 Å². The van der Waals surface area contributed by atoms with Crippen LogP contribution in [0, 0.1) is 16.7 Å². The summed E-state index contributed by atoms with van der Waals surface area (Å²) in [6, 6.07) is 4.10. The summed E-state index contributed by atoms with van der Waals surface area (Å²) in [6.45, 7) is 1.94. The van der Waals surface area contributed by atoms with E-state index in [0.29, 0.717) is 17.4 Å². The third kappa shape index (κ3) is 1.80. The summed E-state index contributed by atoms with van der Waals surface area (Å²) in [5.74, 6) is -0.0671. The second-order valence-corrected chi connectivity index (χ2v) is 6.49. The second kappa shape index (κ2) is 4.42. The predicted octanol–water partition coefficient (Wildman–Crippen LogP) is 2.32. The lowest BCUT2D eigenvalue weighted by atomic mass is 9.68. The van der Waals surface area contributed by atoms with Crippen molar-refractivity contribution in [1.82, 2.24) is 9.88 Å². The van der Waals surface area contributed by atoms with Crippen LogP contribution in [0.1, 0.15) is 36.8 Å². The van der Waals surface area contributed by atoms with Gasteiger partial charge in [0.25, 0.3) is 0 Å². The molecule has 4 nitrogen and oxygen atoms in total. The van der Waals surface area contributed by atoms with E-state index in [1.54, 1.807) is 12.4 Å². The molecule has 0 aromatic carbocycles. The number of carbonyl (C=O) groups is 1. The number of rotatable bonds is 1. The molecule has 0 N–H and O–H groups in total. The Morgan fingerprint density at radius 3 is 2.86 bits per heavy atom. The van der Waals surface area contributed by atoms with Gasteiger partial charge in [0.1, 0.15) is 11.6 Å². The van der Waals surface area contributed by atoms with Crippen molar-refractivity contribution < 1.29 is 4.79 Å². The Balaban J connectivity index is 1.80. The Hall–Kier alpha value is -2.15. The molecular formula is C17H17N3O. The van der Waals surface area contributed by atoms with Crippen molar-refractivity contribution in [2.45, 2.75) is 32.1 Å². The number of allylic oxidation sites excluding steroid dienone is 1. The Labute approximate surface area is 124 Å². The van der Waals surface area contributed by atoms with E-state index < -0.39 is 0 Å². The number of ketones is 1. The van der Waals surface area contributed by atoms with Gasteiger partial charge in [0.05, 0.1) is 5.70 Å². The minimum atomic E-state index is -0.0671. The number of hydrogen-bond donors (Lipinski definition) is 0. The molecule has 0 bridgehead atoms. The second-order valence-electron chi connectivity index (χ2n) is 6.49. The molecule has 4 rings (SSSR count). The molecule has 1 spiro atoms. The molecule has 3 aliphatic rings. The third-order valence-corrected chi connectivity index (χ3v) is 5.31. The molecule has 1 aliphatic heterocycles. The molecule has 4 heteroatoms. The van der Waals surface area contributed by atoms with Gasteiger partial charge in [-0.15, -0.1) is 0 Å². The van der Waals surface area contributed by atoms with Gasteiger partial charge in [-0.3, -0.25) is 9.78 Å². The largest absolute Gasteiger partial charge is 0.369 e. The SMILES string of the molecule is N#CC1=C(N2CCC3(CCC3)C2)c2ccncc2CC1=O. The van der Waals surface area contributed by atoms with Crippen molar-refractivity contribution in [2.75, 3.05) is 13.1 Å². The van der Waals surface area contributed by atoms with E-state index in [9.17, 15) is 10.1 Å². The van der Waals surface area contributed by atoms with Gasteiger partial charge in [-0.2, -0.15) is 5.26 Å². The number of nitriles is 1. The van der Waals surface area contributed by atoms with Crippen LogP contribution in [0.15, 0.2) is 24.0 Å². The zero-order valence-corrected chi connectivity index (χ0v) is 11.9. The summed E-state index contributed by atoms with van der Waals surface area (Å²) >= 11 is 0. The van der Waals surface area contributed by atoms with E-state index in [1.165, 1.54) is 25.7 Å². The minimum Gasteiger partial charge on any atom is -0.369 e. The van der Waals surface area contributed by atoms with Gasteiger partial charge < -0.3 is 4.90 Å². The molecule has 1 aromatic rings. The van der Waals surface area contributed by atoms with Crippen molar-refractivity contribution in [1.29, 1.82) is 5.26 Å². The number of hydrogen-bond acceptors (Lipinski definition) is 4. The van der Waals surface area contributed by atoms with E-state index >= 15 is 0 Å². The highest BCUT2D eigenvalue weighted by molar-refractivity contribution is 6.09. The number of pyridine rings is 1. The van der Waals surface area contributed by atoms with Gasteiger partial charge in [0.2, 0.25) is 0 Å². The maximum Gasteiger partial charge on any atom is 0.179 e. The molecule has 2 aliphatic carbocycles. The van der Waals surface area contributed by atoms with Crippen molar-refractivity contribution in [2.24, 2.45) is 5.41 Å². The molecule has 106 valence electrons. The van der Waals surface area contributed by atoms with Crippen molar-refractivity contribution in [3.63, 3.8) is 0 Å². The topological polar surface area (TPSA) is 57.0 Å². The number of Topliss-reactive ketones (excluding diaryl/α,β-unsaturated/α-hetero) is 1. The maximum atomic E-state index is 12.3. The number of likely N-dealkylation sites (tertiary alicyclic amines) is 1.